The average molecular weight is 143 g/mol. The average Bonchev–Trinajstić information content (AvgIpc) is 2.20. The van der Waals surface area contributed by atoms with E-state index in [1.807, 2.05) is 0 Å². The van der Waals surface area contributed by atoms with Gasteiger partial charge in [-0.2, -0.15) is 0 Å². The van der Waals surface area contributed by atoms with Gasteiger partial charge in [0.25, 0.3) is 0 Å². The highest BCUT2D eigenvalue weighted by Crippen LogP contribution is 2.18. The highest BCUT2D eigenvalue weighted by Gasteiger charge is 2.29. The second kappa shape index (κ2) is 3.35. The van der Waals surface area contributed by atoms with Crippen LogP contribution in [0, 0.1) is 5.92 Å². The lowest BCUT2D eigenvalue weighted by molar-refractivity contribution is 0.112. The van der Waals surface area contributed by atoms with Crippen LogP contribution in [0.1, 0.15) is 20.8 Å². The third-order valence-corrected chi connectivity index (χ3v) is 2.18. The fourth-order valence-electron chi connectivity index (χ4n) is 1.58. The van der Waals surface area contributed by atoms with E-state index in [9.17, 15) is 0 Å². The van der Waals surface area contributed by atoms with E-state index in [1.54, 1.807) is 0 Å². The molecule has 1 N–H and O–H groups in total. The molecule has 1 rings (SSSR count). The highest BCUT2D eigenvalue weighted by molar-refractivity contribution is 4.83. The zero-order valence-electron chi connectivity index (χ0n) is 7.05. The molecule has 0 amide bonds. The van der Waals surface area contributed by atoms with Gasteiger partial charge >= 0.3 is 0 Å². The Morgan fingerprint density at radius 3 is 2.60 bits per heavy atom. The molecule has 1 heterocycles. The maximum absolute atomic E-state index is 5.47. The van der Waals surface area contributed by atoms with Gasteiger partial charge in [0, 0.05) is 6.04 Å². The van der Waals surface area contributed by atoms with Gasteiger partial charge < -0.3 is 10.1 Å². The number of hydrogen-bond donors (Lipinski definition) is 1. The van der Waals surface area contributed by atoms with E-state index in [0.717, 1.165) is 13.2 Å². The Hall–Kier alpha value is -0.0800. The van der Waals surface area contributed by atoms with Crippen molar-refractivity contribution >= 4 is 0 Å². The number of nitrogens with one attached hydrogen (secondary N) is 1. The molecule has 10 heavy (non-hydrogen) atoms. The molecule has 1 aliphatic heterocycles. The van der Waals surface area contributed by atoms with E-state index < -0.39 is 0 Å². The molecule has 0 spiro atoms. The third-order valence-electron chi connectivity index (χ3n) is 2.18. The van der Waals surface area contributed by atoms with Crippen LogP contribution in [0.15, 0.2) is 0 Å². The molecule has 0 aromatic heterocycles. The Kier molecular flexibility index (Phi) is 2.69. The van der Waals surface area contributed by atoms with E-state index in [0.29, 0.717) is 18.1 Å². The molecular formula is C8H17NO. The summed E-state index contributed by atoms with van der Waals surface area (Å²) in [5.41, 5.74) is 0. The lowest BCUT2D eigenvalue weighted by Crippen LogP contribution is -2.38. The van der Waals surface area contributed by atoms with E-state index >= 15 is 0 Å². The number of likely N-dealkylation sites (N-methyl/N-ethyl adjacent to an activating group) is 1. The van der Waals surface area contributed by atoms with Gasteiger partial charge in [0.1, 0.15) is 0 Å². The molecule has 0 aliphatic carbocycles. The van der Waals surface area contributed by atoms with E-state index in [2.05, 4.69) is 26.1 Å². The first-order chi connectivity index (χ1) is 4.75. The number of hydrogen-bond acceptors (Lipinski definition) is 2. The molecular weight excluding hydrogens is 126 g/mol. The van der Waals surface area contributed by atoms with Crippen LogP contribution in [0.5, 0.6) is 0 Å². The molecule has 0 aromatic rings. The molecule has 60 valence electrons. The van der Waals surface area contributed by atoms with Crippen molar-refractivity contribution in [3.8, 4) is 0 Å². The van der Waals surface area contributed by atoms with Gasteiger partial charge in [0.2, 0.25) is 0 Å². The summed E-state index contributed by atoms with van der Waals surface area (Å²) in [6.07, 6.45) is 0.398. The van der Waals surface area contributed by atoms with Crippen molar-refractivity contribution in [1.29, 1.82) is 0 Å². The summed E-state index contributed by atoms with van der Waals surface area (Å²) < 4.78 is 5.47. The van der Waals surface area contributed by atoms with Gasteiger partial charge in [-0.1, -0.05) is 13.8 Å². The van der Waals surface area contributed by atoms with Crippen molar-refractivity contribution in [3.63, 3.8) is 0 Å². The van der Waals surface area contributed by atoms with Gasteiger partial charge in [0.15, 0.2) is 0 Å². The molecule has 1 fully saturated rings. The summed E-state index contributed by atoms with van der Waals surface area (Å²) in [5.74, 6) is 0.676. The first-order valence-electron chi connectivity index (χ1n) is 4.10. The Labute approximate surface area is 63.0 Å². The SMILES string of the molecule is CCNC1C(C)COC1C. The Balaban J connectivity index is 2.38. The summed E-state index contributed by atoms with van der Waals surface area (Å²) in [7, 11) is 0. The topological polar surface area (TPSA) is 21.3 Å². The predicted molar refractivity (Wildman–Crippen MR) is 42.0 cm³/mol. The molecule has 3 unspecified atom stereocenters. The quantitative estimate of drug-likeness (QED) is 0.623. The second-order valence-corrected chi connectivity index (χ2v) is 3.10. The zero-order chi connectivity index (χ0) is 7.56. The maximum atomic E-state index is 5.47. The van der Waals surface area contributed by atoms with Gasteiger partial charge in [-0.05, 0) is 19.4 Å². The summed E-state index contributed by atoms with van der Waals surface area (Å²) in [5, 5.41) is 3.42. The summed E-state index contributed by atoms with van der Waals surface area (Å²) in [4.78, 5) is 0. The van der Waals surface area contributed by atoms with E-state index in [-0.39, 0.29) is 0 Å². The fourth-order valence-corrected chi connectivity index (χ4v) is 1.58. The number of ether oxygens (including phenoxy) is 1. The Morgan fingerprint density at radius 2 is 2.20 bits per heavy atom. The van der Waals surface area contributed by atoms with Gasteiger partial charge in [-0.3, -0.25) is 0 Å². The molecule has 1 saturated heterocycles. The van der Waals surface area contributed by atoms with Crippen molar-refractivity contribution in [2.75, 3.05) is 13.2 Å². The first-order valence-corrected chi connectivity index (χ1v) is 4.10. The van der Waals surface area contributed by atoms with Crippen LogP contribution < -0.4 is 5.32 Å². The van der Waals surface area contributed by atoms with Crippen LogP contribution >= 0.6 is 0 Å². The van der Waals surface area contributed by atoms with Crippen molar-refractivity contribution in [2.24, 2.45) is 5.92 Å². The van der Waals surface area contributed by atoms with Crippen LogP contribution in [-0.4, -0.2) is 25.3 Å². The monoisotopic (exact) mass is 143 g/mol. The van der Waals surface area contributed by atoms with Crippen molar-refractivity contribution in [1.82, 2.24) is 5.32 Å². The second-order valence-electron chi connectivity index (χ2n) is 3.10. The largest absolute Gasteiger partial charge is 0.377 e. The van der Waals surface area contributed by atoms with E-state index in [4.69, 9.17) is 4.74 Å². The van der Waals surface area contributed by atoms with Crippen LogP contribution in [-0.2, 0) is 4.74 Å². The summed E-state index contributed by atoms with van der Waals surface area (Å²) >= 11 is 0. The van der Waals surface area contributed by atoms with E-state index in [1.165, 1.54) is 0 Å². The van der Waals surface area contributed by atoms with Crippen LogP contribution in [0.2, 0.25) is 0 Å². The minimum Gasteiger partial charge on any atom is -0.377 e. The third kappa shape index (κ3) is 1.50. The molecule has 1 aliphatic rings. The van der Waals surface area contributed by atoms with Crippen LogP contribution in [0.3, 0.4) is 0 Å². The molecule has 3 atom stereocenters. The lowest BCUT2D eigenvalue weighted by atomic mass is 10.0. The zero-order valence-corrected chi connectivity index (χ0v) is 7.05. The van der Waals surface area contributed by atoms with Gasteiger partial charge in [0.05, 0.1) is 12.7 Å². The Morgan fingerprint density at radius 1 is 1.50 bits per heavy atom. The maximum Gasteiger partial charge on any atom is 0.0703 e. The molecule has 2 nitrogen and oxygen atoms in total. The number of rotatable bonds is 2. The summed E-state index contributed by atoms with van der Waals surface area (Å²) in [6.45, 7) is 8.47. The van der Waals surface area contributed by atoms with Crippen molar-refractivity contribution in [2.45, 2.75) is 32.9 Å². The molecule has 0 radical (unpaired) electrons. The minimum absolute atomic E-state index is 0.398. The van der Waals surface area contributed by atoms with Crippen LogP contribution in [0.4, 0.5) is 0 Å². The van der Waals surface area contributed by atoms with Gasteiger partial charge in [-0.15, -0.1) is 0 Å². The van der Waals surface area contributed by atoms with Crippen LogP contribution in [0.25, 0.3) is 0 Å². The first kappa shape index (κ1) is 8.02. The Bertz CT molecular complexity index is 95.4. The standard InChI is InChI=1S/C8H17NO/c1-4-9-8-6(2)5-10-7(8)3/h6-9H,4-5H2,1-3H3. The lowest BCUT2D eigenvalue weighted by Gasteiger charge is -2.17. The molecule has 0 aromatic carbocycles. The van der Waals surface area contributed by atoms with Crippen molar-refractivity contribution < 1.29 is 4.74 Å². The predicted octanol–water partition coefficient (Wildman–Crippen LogP) is 1.02. The van der Waals surface area contributed by atoms with Gasteiger partial charge in [-0.25, -0.2) is 0 Å². The van der Waals surface area contributed by atoms with Crippen molar-refractivity contribution in [3.05, 3.63) is 0 Å². The minimum atomic E-state index is 0.398. The fraction of sp³-hybridized carbons (Fsp3) is 1.00. The normalized spacial score (nSPS) is 40.5. The molecule has 0 bridgehead atoms. The summed E-state index contributed by atoms with van der Waals surface area (Å²) in [6, 6.07) is 0.574. The molecule has 2 heteroatoms. The smallest absolute Gasteiger partial charge is 0.0703 e. The molecule has 0 saturated carbocycles. The highest BCUT2D eigenvalue weighted by atomic mass is 16.5.